The van der Waals surface area contributed by atoms with E-state index < -0.39 is 23.7 Å². The van der Waals surface area contributed by atoms with Crippen LogP contribution in [0.5, 0.6) is 0 Å². The summed E-state index contributed by atoms with van der Waals surface area (Å²) < 4.78 is 42.2. The second-order valence-corrected chi connectivity index (χ2v) is 6.04. The quantitative estimate of drug-likeness (QED) is 0.707. The number of halogens is 4. The van der Waals surface area contributed by atoms with E-state index in [1.54, 1.807) is 25.1 Å². The molecule has 0 aliphatic carbocycles. The number of hydrogen-bond donors (Lipinski definition) is 0. The van der Waals surface area contributed by atoms with E-state index >= 15 is 0 Å². The number of benzene rings is 2. The van der Waals surface area contributed by atoms with Crippen LogP contribution in [-0.4, -0.2) is 11.8 Å². The maximum atomic E-state index is 14.0. The van der Waals surface area contributed by atoms with E-state index in [-0.39, 0.29) is 5.56 Å². The molecule has 2 nitrogen and oxygen atoms in total. The highest BCUT2D eigenvalue weighted by molar-refractivity contribution is 9.10. The zero-order chi connectivity index (χ0) is 16.1. The molecule has 6 heteroatoms. The van der Waals surface area contributed by atoms with Crippen LogP contribution < -0.4 is 4.90 Å². The number of amides is 1. The molecule has 1 aliphatic heterocycles. The number of alkyl halides is 2. The Hall–Kier alpha value is -1.82. The lowest BCUT2D eigenvalue weighted by Gasteiger charge is -2.46. The molecular formula is C16H11BrF3NO. The highest BCUT2D eigenvalue weighted by atomic mass is 79.9. The summed E-state index contributed by atoms with van der Waals surface area (Å²) in [6.07, 6.45) is 0. The minimum Gasteiger partial charge on any atom is -0.293 e. The average Bonchev–Trinajstić information content (AvgIpc) is 2.47. The van der Waals surface area contributed by atoms with Crippen LogP contribution in [0.15, 0.2) is 46.9 Å². The second-order valence-electron chi connectivity index (χ2n) is 5.19. The Morgan fingerprint density at radius 1 is 1.18 bits per heavy atom. The van der Waals surface area contributed by atoms with E-state index in [9.17, 15) is 18.0 Å². The molecule has 1 fully saturated rings. The van der Waals surface area contributed by atoms with Crippen molar-refractivity contribution in [1.29, 1.82) is 0 Å². The van der Waals surface area contributed by atoms with E-state index in [1.807, 2.05) is 0 Å². The molecule has 0 N–H and O–H groups in total. The summed E-state index contributed by atoms with van der Waals surface area (Å²) in [5.74, 6) is -5.42. The van der Waals surface area contributed by atoms with Crippen molar-refractivity contribution in [2.45, 2.75) is 18.9 Å². The summed E-state index contributed by atoms with van der Waals surface area (Å²) in [4.78, 5) is 12.8. The predicted molar refractivity (Wildman–Crippen MR) is 80.5 cm³/mol. The molecule has 22 heavy (non-hydrogen) atoms. The van der Waals surface area contributed by atoms with Gasteiger partial charge < -0.3 is 0 Å². The molecule has 1 aliphatic rings. The Morgan fingerprint density at radius 3 is 2.55 bits per heavy atom. The lowest BCUT2D eigenvalue weighted by molar-refractivity contribution is -0.162. The summed E-state index contributed by atoms with van der Waals surface area (Å²) in [6.45, 7) is 1.80. The third kappa shape index (κ3) is 2.22. The fourth-order valence-electron chi connectivity index (χ4n) is 2.57. The number of hydrogen-bond acceptors (Lipinski definition) is 1. The lowest BCUT2D eigenvalue weighted by Crippen LogP contribution is -2.64. The van der Waals surface area contributed by atoms with E-state index in [2.05, 4.69) is 15.9 Å². The Labute approximate surface area is 133 Å². The number of aryl methyl sites for hydroxylation is 1. The van der Waals surface area contributed by atoms with Gasteiger partial charge in [-0.2, -0.15) is 8.78 Å². The van der Waals surface area contributed by atoms with Crippen LogP contribution in [0.2, 0.25) is 0 Å². The van der Waals surface area contributed by atoms with E-state index in [4.69, 9.17) is 0 Å². The van der Waals surface area contributed by atoms with Gasteiger partial charge in [0.2, 0.25) is 0 Å². The summed E-state index contributed by atoms with van der Waals surface area (Å²) in [7, 11) is 0. The monoisotopic (exact) mass is 369 g/mol. The molecule has 2 aromatic rings. The van der Waals surface area contributed by atoms with Crippen molar-refractivity contribution in [2.75, 3.05) is 4.90 Å². The fraction of sp³-hybridized carbons (Fsp3) is 0.188. The lowest BCUT2D eigenvalue weighted by atomic mass is 9.88. The van der Waals surface area contributed by atoms with Crippen molar-refractivity contribution in [3.8, 4) is 0 Å². The van der Waals surface area contributed by atoms with Crippen LogP contribution in [-0.2, 0) is 4.79 Å². The van der Waals surface area contributed by atoms with Gasteiger partial charge in [-0.15, -0.1) is 0 Å². The van der Waals surface area contributed by atoms with Crippen molar-refractivity contribution < 1.29 is 18.0 Å². The summed E-state index contributed by atoms with van der Waals surface area (Å²) in [5.41, 5.74) is 1.26. The van der Waals surface area contributed by atoms with Gasteiger partial charge in [-0.25, -0.2) is 4.39 Å². The van der Waals surface area contributed by atoms with Crippen LogP contribution in [0, 0.1) is 12.7 Å². The van der Waals surface area contributed by atoms with Crippen molar-refractivity contribution in [2.24, 2.45) is 0 Å². The first-order valence-corrected chi connectivity index (χ1v) is 7.35. The minimum absolute atomic E-state index is 0.0742. The highest BCUT2D eigenvalue weighted by Gasteiger charge is 2.64. The van der Waals surface area contributed by atoms with E-state index in [0.717, 1.165) is 21.0 Å². The highest BCUT2D eigenvalue weighted by Crippen LogP contribution is 2.50. The number of β-lactam (4-membered cyclic amide) rings is 1. The normalized spacial score (nSPS) is 20.0. The Morgan fingerprint density at radius 2 is 1.91 bits per heavy atom. The minimum atomic E-state index is -3.53. The third-order valence-corrected chi connectivity index (χ3v) is 4.58. The molecule has 0 unspecified atom stereocenters. The summed E-state index contributed by atoms with van der Waals surface area (Å²) >= 11 is 3.32. The first-order chi connectivity index (χ1) is 10.3. The molecule has 0 saturated carbocycles. The van der Waals surface area contributed by atoms with Gasteiger partial charge in [-0.1, -0.05) is 28.1 Å². The number of carbonyl (C=O) groups is 1. The third-order valence-electron chi connectivity index (χ3n) is 3.69. The Balaban J connectivity index is 2.06. The molecule has 2 aromatic carbocycles. The molecular weight excluding hydrogens is 359 g/mol. The number of carbonyl (C=O) groups excluding carboxylic acids is 1. The van der Waals surface area contributed by atoms with Crippen LogP contribution in [0.1, 0.15) is 17.2 Å². The van der Waals surface area contributed by atoms with Crippen molar-refractivity contribution >= 4 is 27.5 Å². The van der Waals surface area contributed by atoms with Gasteiger partial charge >= 0.3 is 11.8 Å². The molecule has 0 aromatic heterocycles. The van der Waals surface area contributed by atoms with E-state index in [1.165, 1.54) is 18.2 Å². The zero-order valence-corrected chi connectivity index (χ0v) is 13.1. The first-order valence-electron chi connectivity index (χ1n) is 6.55. The largest absolute Gasteiger partial charge is 0.349 e. The standard InChI is InChI=1S/C16H11BrF3NO/c1-9-7-12(5-6-13(9)17)21-14(16(19,20)15(21)22)10-3-2-4-11(18)8-10/h2-8,14H,1H3/t14-/m1/s1. The van der Waals surface area contributed by atoms with Gasteiger partial charge in [-0.3, -0.25) is 9.69 Å². The molecule has 0 spiro atoms. The maximum absolute atomic E-state index is 14.0. The van der Waals surface area contributed by atoms with Gasteiger partial charge in [-0.05, 0) is 48.4 Å². The molecule has 1 heterocycles. The first kappa shape index (κ1) is 15.1. The van der Waals surface area contributed by atoms with Crippen LogP contribution in [0.4, 0.5) is 18.9 Å². The van der Waals surface area contributed by atoms with Crippen molar-refractivity contribution in [3.63, 3.8) is 0 Å². The van der Waals surface area contributed by atoms with Crippen LogP contribution in [0.3, 0.4) is 0 Å². The zero-order valence-electron chi connectivity index (χ0n) is 11.5. The Bertz CT molecular complexity index is 763. The number of anilines is 1. The van der Waals surface area contributed by atoms with Gasteiger partial charge in [0.25, 0.3) is 0 Å². The molecule has 1 atom stereocenters. The molecule has 1 saturated heterocycles. The van der Waals surface area contributed by atoms with Crippen molar-refractivity contribution in [1.82, 2.24) is 0 Å². The molecule has 3 rings (SSSR count). The molecule has 1 amide bonds. The van der Waals surface area contributed by atoms with Crippen LogP contribution in [0.25, 0.3) is 0 Å². The van der Waals surface area contributed by atoms with Gasteiger partial charge in [0.1, 0.15) is 11.9 Å². The van der Waals surface area contributed by atoms with Gasteiger partial charge in [0.15, 0.2) is 0 Å². The molecule has 0 radical (unpaired) electrons. The van der Waals surface area contributed by atoms with Gasteiger partial charge in [0, 0.05) is 10.2 Å². The molecule has 114 valence electrons. The average molecular weight is 370 g/mol. The maximum Gasteiger partial charge on any atom is 0.349 e. The smallest absolute Gasteiger partial charge is 0.293 e. The topological polar surface area (TPSA) is 20.3 Å². The fourth-order valence-corrected chi connectivity index (χ4v) is 2.82. The number of rotatable bonds is 2. The summed E-state index contributed by atoms with van der Waals surface area (Å²) in [6, 6.07) is 8.38. The Kier molecular flexibility index (Phi) is 3.51. The molecule has 0 bridgehead atoms. The predicted octanol–water partition coefficient (Wildman–Crippen LogP) is 4.62. The summed E-state index contributed by atoms with van der Waals surface area (Å²) in [5, 5.41) is 0. The van der Waals surface area contributed by atoms with Crippen molar-refractivity contribution in [3.05, 3.63) is 63.9 Å². The second kappa shape index (κ2) is 5.12. The van der Waals surface area contributed by atoms with Gasteiger partial charge in [0.05, 0.1) is 0 Å². The van der Waals surface area contributed by atoms with E-state index in [0.29, 0.717) is 5.69 Å². The van der Waals surface area contributed by atoms with Crippen LogP contribution >= 0.6 is 15.9 Å². The number of nitrogens with zero attached hydrogens (tertiary/aromatic N) is 1. The SMILES string of the molecule is Cc1cc(N2C(=O)C(F)(F)[C@H]2c2cccc(F)c2)ccc1Br.